The molecule has 0 amide bonds. The first-order chi connectivity index (χ1) is 11.6. The molecule has 0 bridgehead atoms. The Labute approximate surface area is 146 Å². The second-order valence-electron chi connectivity index (χ2n) is 6.55. The Morgan fingerprint density at radius 3 is 2.67 bits per heavy atom. The number of halogens is 1. The van der Waals surface area contributed by atoms with Crippen LogP contribution < -0.4 is 15.4 Å². The maximum Gasteiger partial charge on any atom is 0.150 e. The van der Waals surface area contributed by atoms with Crippen LogP contribution in [0.1, 0.15) is 35.4 Å². The number of fused-ring (bicyclic) bond motifs is 1. The van der Waals surface area contributed by atoms with E-state index in [9.17, 15) is 5.11 Å². The van der Waals surface area contributed by atoms with Crippen LogP contribution >= 0.6 is 11.6 Å². The van der Waals surface area contributed by atoms with Crippen LogP contribution in [0.4, 0.5) is 5.69 Å². The Morgan fingerprint density at radius 2 is 2.00 bits per heavy atom. The van der Waals surface area contributed by atoms with E-state index in [0.717, 1.165) is 35.4 Å². The third kappa shape index (κ3) is 2.29. The van der Waals surface area contributed by atoms with Crippen LogP contribution in [0.15, 0.2) is 36.4 Å². The molecule has 2 unspecified atom stereocenters. The third-order valence-electron chi connectivity index (χ3n) is 5.09. The van der Waals surface area contributed by atoms with E-state index < -0.39 is 5.60 Å². The minimum absolute atomic E-state index is 0.337. The van der Waals surface area contributed by atoms with Gasteiger partial charge in [0.1, 0.15) is 11.9 Å². The Balaban J connectivity index is 1.94. The first-order valence-corrected chi connectivity index (χ1v) is 8.60. The minimum atomic E-state index is -1.21. The highest BCUT2D eigenvalue weighted by Crippen LogP contribution is 2.50. The van der Waals surface area contributed by atoms with Crippen molar-refractivity contribution in [3.8, 4) is 5.75 Å². The molecule has 1 heterocycles. The average molecular weight is 345 g/mol. The van der Waals surface area contributed by atoms with E-state index in [0.29, 0.717) is 10.9 Å². The second kappa shape index (κ2) is 5.66. The lowest BCUT2D eigenvalue weighted by molar-refractivity contribution is 0.0584. The van der Waals surface area contributed by atoms with E-state index in [1.807, 2.05) is 37.4 Å². The van der Waals surface area contributed by atoms with Crippen LogP contribution in [0.25, 0.3) is 0 Å². The van der Waals surface area contributed by atoms with Crippen molar-refractivity contribution < 1.29 is 9.84 Å². The summed E-state index contributed by atoms with van der Waals surface area (Å²) in [6.07, 6.45) is 1.98. The van der Waals surface area contributed by atoms with Gasteiger partial charge < -0.3 is 15.2 Å². The van der Waals surface area contributed by atoms with Crippen LogP contribution in [-0.2, 0) is 5.60 Å². The summed E-state index contributed by atoms with van der Waals surface area (Å²) in [6, 6.07) is 11.6. The number of hydrogen-bond acceptors (Lipinski definition) is 4. The average Bonchev–Trinajstić information content (AvgIpc) is 3.39. The van der Waals surface area contributed by atoms with E-state index in [4.69, 9.17) is 16.3 Å². The Bertz CT molecular complexity index is 791. The first-order valence-electron chi connectivity index (χ1n) is 8.22. The van der Waals surface area contributed by atoms with Gasteiger partial charge in [-0.15, -0.1) is 0 Å². The van der Waals surface area contributed by atoms with Crippen molar-refractivity contribution in [2.45, 2.75) is 30.5 Å². The number of methoxy groups -OCH3 is 1. The van der Waals surface area contributed by atoms with Crippen molar-refractivity contribution in [2.24, 2.45) is 0 Å². The number of rotatable bonds is 4. The van der Waals surface area contributed by atoms with Gasteiger partial charge in [-0.05, 0) is 67.3 Å². The van der Waals surface area contributed by atoms with Crippen molar-refractivity contribution in [2.75, 3.05) is 19.5 Å². The molecule has 2 aliphatic rings. The lowest BCUT2D eigenvalue weighted by Crippen LogP contribution is -2.48. The highest BCUT2D eigenvalue weighted by atomic mass is 35.5. The molecule has 1 aliphatic heterocycles. The number of aliphatic hydroxyl groups is 1. The highest BCUT2D eigenvalue weighted by Gasteiger charge is 2.49. The standard InChI is InChI=1S/C19H21ClN2O2/c1-21-18-19(23,16-10-13(24-2)6-8-17(16)22-18)15-9-12(20)5-7-14(15)11-3-4-11/h5-11,18,21-23H,3-4H2,1-2H3. The molecule has 0 saturated heterocycles. The lowest BCUT2D eigenvalue weighted by Gasteiger charge is -2.33. The van der Waals surface area contributed by atoms with E-state index in [2.05, 4.69) is 16.7 Å². The first kappa shape index (κ1) is 15.8. The predicted octanol–water partition coefficient (Wildman–Crippen LogP) is 3.43. The van der Waals surface area contributed by atoms with Crippen molar-refractivity contribution in [3.63, 3.8) is 0 Å². The van der Waals surface area contributed by atoms with Gasteiger partial charge in [-0.25, -0.2) is 0 Å². The molecule has 0 spiro atoms. The summed E-state index contributed by atoms with van der Waals surface area (Å²) in [4.78, 5) is 0. The zero-order chi connectivity index (χ0) is 16.9. The Kier molecular flexibility index (Phi) is 3.71. The monoisotopic (exact) mass is 344 g/mol. The minimum Gasteiger partial charge on any atom is -0.497 e. The van der Waals surface area contributed by atoms with Crippen molar-refractivity contribution in [1.29, 1.82) is 0 Å². The summed E-state index contributed by atoms with van der Waals surface area (Å²) in [5, 5.41) is 19.0. The third-order valence-corrected chi connectivity index (χ3v) is 5.32. The molecule has 24 heavy (non-hydrogen) atoms. The summed E-state index contributed by atoms with van der Waals surface area (Å²) >= 11 is 6.28. The Morgan fingerprint density at radius 1 is 1.21 bits per heavy atom. The van der Waals surface area contributed by atoms with Crippen LogP contribution in [0.2, 0.25) is 5.02 Å². The van der Waals surface area contributed by atoms with E-state index in [1.54, 1.807) is 7.11 Å². The molecule has 2 aromatic rings. The van der Waals surface area contributed by atoms with Crippen molar-refractivity contribution >= 4 is 17.3 Å². The SMILES string of the molecule is CNC1Nc2ccc(OC)cc2C1(O)c1cc(Cl)ccc1C1CC1. The molecule has 2 atom stereocenters. The van der Waals surface area contributed by atoms with Crippen LogP contribution in [0, 0.1) is 0 Å². The maximum atomic E-state index is 11.8. The van der Waals surface area contributed by atoms with Crippen LogP contribution in [-0.4, -0.2) is 25.4 Å². The molecule has 2 aromatic carbocycles. The topological polar surface area (TPSA) is 53.5 Å². The smallest absolute Gasteiger partial charge is 0.150 e. The quantitative estimate of drug-likeness (QED) is 0.795. The highest BCUT2D eigenvalue weighted by molar-refractivity contribution is 6.30. The molecule has 0 aromatic heterocycles. The van der Waals surface area contributed by atoms with E-state index in [1.165, 1.54) is 5.56 Å². The molecule has 1 fully saturated rings. The largest absolute Gasteiger partial charge is 0.497 e. The molecular formula is C19H21ClN2O2. The fourth-order valence-corrected chi connectivity index (χ4v) is 3.87. The Hall–Kier alpha value is -1.75. The summed E-state index contributed by atoms with van der Waals surface area (Å²) < 4.78 is 5.37. The van der Waals surface area contributed by atoms with Gasteiger partial charge in [0, 0.05) is 16.3 Å². The molecule has 1 saturated carbocycles. The fourth-order valence-electron chi connectivity index (χ4n) is 3.70. The van der Waals surface area contributed by atoms with Gasteiger partial charge in [0.05, 0.1) is 7.11 Å². The van der Waals surface area contributed by atoms with Gasteiger partial charge in [0.2, 0.25) is 0 Å². The molecule has 1 aliphatic carbocycles. The zero-order valence-corrected chi connectivity index (χ0v) is 14.5. The summed E-state index contributed by atoms with van der Waals surface area (Å²) in [6.45, 7) is 0. The second-order valence-corrected chi connectivity index (χ2v) is 6.99. The molecule has 126 valence electrons. The molecule has 5 heteroatoms. The lowest BCUT2D eigenvalue weighted by atomic mass is 9.82. The van der Waals surface area contributed by atoms with Crippen LogP contribution in [0.3, 0.4) is 0 Å². The van der Waals surface area contributed by atoms with Crippen LogP contribution in [0.5, 0.6) is 5.75 Å². The van der Waals surface area contributed by atoms with Gasteiger partial charge in [0.15, 0.2) is 5.60 Å². The molecule has 0 radical (unpaired) electrons. The summed E-state index contributed by atoms with van der Waals surface area (Å²) in [7, 11) is 3.47. The molecule has 4 rings (SSSR count). The number of anilines is 1. The van der Waals surface area contributed by atoms with E-state index >= 15 is 0 Å². The van der Waals surface area contributed by atoms with Gasteiger partial charge >= 0.3 is 0 Å². The molecule has 4 nitrogen and oxygen atoms in total. The molecular weight excluding hydrogens is 324 g/mol. The predicted molar refractivity (Wildman–Crippen MR) is 95.9 cm³/mol. The zero-order valence-electron chi connectivity index (χ0n) is 13.8. The number of ether oxygens (including phenoxy) is 1. The number of likely N-dealkylation sites (N-methyl/N-ethyl adjacent to an activating group) is 1. The maximum absolute atomic E-state index is 11.8. The fraction of sp³-hybridized carbons (Fsp3) is 0.368. The number of hydrogen-bond donors (Lipinski definition) is 3. The van der Waals surface area contributed by atoms with Gasteiger partial charge in [-0.3, -0.25) is 5.32 Å². The summed E-state index contributed by atoms with van der Waals surface area (Å²) in [5.41, 5.74) is 2.56. The van der Waals surface area contributed by atoms with Crippen molar-refractivity contribution in [1.82, 2.24) is 5.32 Å². The van der Waals surface area contributed by atoms with Gasteiger partial charge in [-0.1, -0.05) is 17.7 Å². The van der Waals surface area contributed by atoms with E-state index in [-0.39, 0.29) is 6.17 Å². The number of nitrogens with one attached hydrogen (secondary N) is 2. The molecule has 3 N–H and O–H groups in total. The number of benzene rings is 2. The summed E-state index contributed by atoms with van der Waals surface area (Å²) in [5.74, 6) is 1.23. The van der Waals surface area contributed by atoms with Gasteiger partial charge in [-0.2, -0.15) is 0 Å². The van der Waals surface area contributed by atoms with Crippen molar-refractivity contribution in [3.05, 3.63) is 58.1 Å². The normalized spacial score (nSPS) is 25.2. The van der Waals surface area contributed by atoms with Gasteiger partial charge in [0.25, 0.3) is 0 Å².